The summed E-state index contributed by atoms with van der Waals surface area (Å²) in [4.78, 5) is 32.8. The minimum Gasteiger partial charge on any atom is -0.326 e. The molecule has 0 bridgehead atoms. The normalized spacial score (nSPS) is 10.8. The van der Waals surface area contributed by atoms with Crippen molar-refractivity contribution in [2.45, 2.75) is 13.8 Å². The van der Waals surface area contributed by atoms with Crippen LogP contribution in [0.1, 0.15) is 23.0 Å². The summed E-state index contributed by atoms with van der Waals surface area (Å²) in [5.74, 6) is -0.872. The highest BCUT2D eigenvalue weighted by molar-refractivity contribution is 7.14. The van der Waals surface area contributed by atoms with Gasteiger partial charge in [-0.25, -0.2) is 9.37 Å². The fourth-order valence-electron chi connectivity index (χ4n) is 3.08. The quantitative estimate of drug-likeness (QED) is 0.486. The summed E-state index contributed by atoms with van der Waals surface area (Å²) < 4.78 is 13.5. The highest BCUT2D eigenvalue weighted by Gasteiger charge is 2.15. The summed E-state index contributed by atoms with van der Waals surface area (Å²) in [6, 6.07) is 13.1. The van der Waals surface area contributed by atoms with Crippen molar-refractivity contribution in [3.05, 3.63) is 71.0 Å². The molecule has 0 atom stereocenters. The molecule has 8 heteroatoms. The SMILES string of the molecule is CC(=O)Nc1ccc(-c2csc(NC(=O)c3cc(C)nc4cc(F)ccc34)n2)cc1. The summed E-state index contributed by atoms with van der Waals surface area (Å²) in [5.41, 5.74) is 3.74. The van der Waals surface area contributed by atoms with Crippen LogP contribution in [0.5, 0.6) is 0 Å². The molecule has 0 radical (unpaired) electrons. The van der Waals surface area contributed by atoms with Gasteiger partial charge in [0.1, 0.15) is 5.82 Å². The number of halogens is 1. The molecule has 4 aromatic rings. The minimum atomic E-state index is -0.402. The molecular formula is C22H17FN4O2S. The first-order valence-corrected chi connectivity index (χ1v) is 9.99. The van der Waals surface area contributed by atoms with Crippen LogP contribution in [-0.4, -0.2) is 21.8 Å². The number of nitrogens with one attached hydrogen (secondary N) is 2. The second kappa shape index (κ2) is 8.00. The van der Waals surface area contributed by atoms with E-state index in [1.54, 1.807) is 31.2 Å². The molecule has 0 spiro atoms. The predicted octanol–water partition coefficient (Wildman–Crippen LogP) is 5.02. The number of benzene rings is 2. The number of carbonyl (C=O) groups is 2. The molecular weight excluding hydrogens is 403 g/mol. The van der Waals surface area contributed by atoms with Gasteiger partial charge in [-0.15, -0.1) is 11.3 Å². The molecule has 30 heavy (non-hydrogen) atoms. The fourth-order valence-corrected chi connectivity index (χ4v) is 3.79. The van der Waals surface area contributed by atoms with Crippen molar-refractivity contribution in [3.63, 3.8) is 0 Å². The Morgan fingerprint density at radius 2 is 1.77 bits per heavy atom. The average molecular weight is 420 g/mol. The van der Waals surface area contributed by atoms with E-state index in [2.05, 4.69) is 20.6 Å². The van der Waals surface area contributed by atoms with Crippen LogP contribution in [0.25, 0.3) is 22.2 Å². The van der Waals surface area contributed by atoms with Gasteiger partial charge in [-0.1, -0.05) is 12.1 Å². The van der Waals surface area contributed by atoms with Gasteiger partial charge in [0.2, 0.25) is 5.91 Å². The molecule has 150 valence electrons. The van der Waals surface area contributed by atoms with Crippen molar-refractivity contribution < 1.29 is 14.0 Å². The number of nitrogens with zero attached hydrogens (tertiary/aromatic N) is 2. The largest absolute Gasteiger partial charge is 0.326 e. The predicted molar refractivity (Wildman–Crippen MR) is 116 cm³/mol. The lowest BCUT2D eigenvalue weighted by Crippen LogP contribution is -2.13. The first kappa shape index (κ1) is 19.7. The highest BCUT2D eigenvalue weighted by Crippen LogP contribution is 2.27. The standard InChI is InChI=1S/C22H17FN4O2S/c1-12-9-18(17-8-5-15(23)10-19(17)24-12)21(29)27-22-26-20(11-30-22)14-3-6-16(7-4-14)25-13(2)28/h3-11H,1-2H3,(H,25,28)(H,26,27,29). The van der Waals surface area contributed by atoms with E-state index in [-0.39, 0.29) is 11.8 Å². The Morgan fingerprint density at radius 1 is 1.00 bits per heavy atom. The van der Waals surface area contributed by atoms with E-state index in [1.165, 1.54) is 30.4 Å². The van der Waals surface area contributed by atoms with Gasteiger partial charge < -0.3 is 5.32 Å². The maximum Gasteiger partial charge on any atom is 0.258 e. The third kappa shape index (κ3) is 4.18. The molecule has 0 aliphatic heterocycles. The number of anilines is 2. The molecule has 0 aliphatic rings. The number of hydrogen-bond donors (Lipinski definition) is 2. The van der Waals surface area contributed by atoms with Crippen LogP contribution in [0.4, 0.5) is 15.2 Å². The molecule has 2 heterocycles. The molecule has 2 amide bonds. The zero-order valence-electron chi connectivity index (χ0n) is 16.2. The molecule has 2 aromatic carbocycles. The lowest BCUT2D eigenvalue weighted by Gasteiger charge is -2.07. The lowest BCUT2D eigenvalue weighted by atomic mass is 10.1. The van der Waals surface area contributed by atoms with Gasteiger partial charge >= 0.3 is 0 Å². The summed E-state index contributed by atoms with van der Waals surface area (Å²) in [6.45, 7) is 3.21. The van der Waals surface area contributed by atoms with Crippen LogP contribution in [0, 0.1) is 12.7 Å². The maximum atomic E-state index is 13.5. The lowest BCUT2D eigenvalue weighted by molar-refractivity contribution is -0.114. The van der Waals surface area contributed by atoms with E-state index in [4.69, 9.17) is 0 Å². The maximum absolute atomic E-state index is 13.5. The average Bonchev–Trinajstić information content (AvgIpc) is 3.15. The zero-order valence-corrected chi connectivity index (χ0v) is 17.0. The molecule has 0 unspecified atom stereocenters. The molecule has 0 aliphatic carbocycles. The third-order valence-corrected chi connectivity index (χ3v) is 5.13. The van der Waals surface area contributed by atoms with Gasteiger partial charge in [-0.2, -0.15) is 0 Å². The van der Waals surface area contributed by atoms with Crippen LogP contribution < -0.4 is 10.6 Å². The first-order chi connectivity index (χ1) is 14.4. The number of rotatable bonds is 4. The number of carbonyl (C=O) groups excluding carboxylic acids is 2. The van der Waals surface area contributed by atoms with E-state index in [0.717, 1.165) is 5.56 Å². The second-order valence-corrected chi connectivity index (χ2v) is 7.58. The van der Waals surface area contributed by atoms with Crippen molar-refractivity contribution in [2.24, 2.45) is 0 Å². The number of aromatic nitrogens is 2. The Hall–Kier alpha value is -3.65. The van der Waals surface area contributed by atoms with Crippen molar-refractivity contribution >= 4 is 44.9 Å². The molecule has 0 saturated heterocycles. The summed E-state index contributed by atoms with van der Waals surface area (Å²) in [7, 11) is 0. The highest BCUT2D eigenvalue weighted by atomic mass is 32.1. The van der Waals surface area contributed by atoms with Gasteiger partial charge in [0, 0.05) is 40.7 Å². The van der Waals surface area contributed by atoms with Crippen LogP contribution in [0.2, 0.25) is 0 Å². The molecule has 6 nitrogen and oxygen atoms in total. The van der Waals surface area contributed by atoms with E-state index >= 15 is 0 Å². The molecule has 0 fully saturated rings. The van der Waals surface area contributed by atoms with Crippen LogP contribution >= 0.6 is 11.3 Å². The Labute approximate surface area is 175 Å². The van der Waals surface area contributed by atoms with Gasteiger partial charge in [-0.3, -0.25) is 19.9 Å². The second-order valence-electron chi connectivity index (χ2n) is 6.72. The molecule has 2 N–H and O–H groups in total. The van der Waals surface area contributed by atoms with E-state index < -0.39 is 5.82 Å². The minimum absolute atomic E-state index is 0.136. The topological polar surface area (TPSA) is 84.0 Å². The molecule has 0 saturated carbocycles. The van der Waals surface area contributed by atoms with E-state index in [0.29, 0.717) is 38.7 Å². The van der Waals surface area contributed by atoms with E-state index in [1.807, 2.05) is 17.5 Å². The van der Waals surface area contributed by atoms with E-state index in [9.17, 15) is 14.0 Å². The zero-order chi connectivity index (χ0) is 21.3. The van der Waals surface area contributed by atoms with Crippen LogP contribution in [0.15, 0.2) is 53.9 Å². The fraction of sp³-hybridized carbons (Fsp3) is 0.0909. The Morgan fingerprint density at radius 3 is 2.50 bits per heavy atom. The summed E-state index contributed by atoms with van der Waals surface area (Å²) in [5, 5.41) is 8.39. The Kier molecular flexibility index (Phi) is 5.24. The van der Waals surface area contributed by atoms with Gasteiger partial charge in [0.25, 0.3) is 5.91 Å². The third-order valence-electron chi connectivity index (χ3n) is 4.37. The number of fused-ring (bicyclic) bond motifs is 1. The molecule has 4 rings (SSSR count). The van der Waals surface area contributed by atoms with Crippen LogP contribution in [-0.2, 0) is 4.79 Å². The number of thiazole rings is 1. The van der Waals surface area contributed by atoms with Gasteiger partial charge in [0.15, 0.2) is 5.13 Å². The van der Waals surface area contributed by atoms with Crippen LogP contribution in [0.3, 0.4) is 0 Å². The Bertz CT molecular complexity index is 1260. The summed E-state index contributed by atoms with van der Waals surface area (Å²) in [6.07, 6.45) is 0. The number of pyridine rings is 1. The number of amides is 2. The number of aryl methyl sites for hydroxylation is 1. The van der Waals surface area contributed by atoms with Crippen molar-refractivity contribution in [3.8, 4) is 11.3 Å². The van der Waals surface area contributed by atoms with Crippen molar-refractivity contribution in [1.82, 2.24) is 9.97 Å². The number of hydrogen-bond acceptors (Lipinski definition) is 5. The molecule has 2 aromatic heterocycles. The Balaban J connectivity index is 1.56. The smallest absolute Gasteiger partial charge is 0.258 e. The van der Waals surface area contributed by atoms with Crippen molar-refractivity contribution in [1.29, 1.82) is 0 Å². The van der Waals surface area contributed by atoms with Gasteiger partial charge in [0.05, 0.1) is 16.8 Å². The van der Waals surface area contributed by atoms with Crippen molar-refractivity contribution in [2.75, 3.05) is 10.6 Å². The van der Waals surface area contributed by atoms with Gasteiger partial charge in [-0.05, 0) is 37.3 Å². The summed E-state index contributed by atoms with van der Waals surface area (Å²) >= 11 is 1.31. The first-order valence-electron chi connectivity index (χ1n) is 9.11. The monoisotopic (exact) mass is 420 g/mol.